The van der Waals surface area contributed by atoms with Crippen molar-refractivity contribution in [1.82, 2.24) is 5.32 Å². The maximum Gasteiger partial charge on any atom is 0.132 e. The Bertz CT molecular complexity index is 440. The SMILES string of the molecule is CC(C=O)(c1ccccc1)C12CCCC(CC1)N2. The molecule has 0 radical (unpaired) electrons. The molecule has 2 heterocycles. The van der Waals surface area contributed by atoms with Gasteiger partial charge in [-0.3, -0.25) is 0 Å². The van der Waals surface area contributed by atoms with E-state index >= 15 is 0 Å². The van der Waals surface area contributed by atoms with Crippen LogP contribution < -0.4 is 5.32 Å². The first kappa shape index (κ1) is 11.9. The third kappa shape index (κ3) is 1.55. The number of carbonyl (C=O) groups is 1. The summed E-state index contributed by atoms with van der Waals surface area (Å²) in [4.78, 5) is 11.9. The van der Waals surface area contributed by atoms with Crippen molar-refractivity contribution in [2.75, 3.05) is 0 Å². The van der Waals surface area contributed by atoms with Gasteiger partial charge in [0.05, 0.1) is 5.41 Å². The Kier molecular flexibility index (Phi) is 2.78. The van der Waals surface area contributed by atoms with Crippen molar-refractivity contribution >= 4 is 6.29 Å². The van der Waals surface area contributed by atoms with Crippen LogP contribution in [-0.2, 0) is 10.2 Å². The molecule has 18 heavy (non-hydrogen) atoms. The van der Waals surface area contributed by atoms with Crippen LogP contribution in [0.15, 0.2) is 30.3 Å². The van der Waals surface area contributed by atoms with Crippen molar-refractivity contribution in [3.8, 4) is 0 Å². The Labute approximate surface area is 109 Å². The van der Waals surface area contributed by atoms with Gasteiger partial charge in [-0.15, -0.1) is 0 Å². The molecule has 0 aromatic heterocycles. The molecule has 2 saturated heterocycles. The van der Waals surface area contributed by atoms with Gasteiger partial charge in [-0.2, -0.15) is 0 Å². The van der Waals surface area contributed by atoms with Gasteiger partial charge in [-0.05, 0) is 38.2 Å². The van der Waals surface area contributed by atoms with E-state index in [0.29, 0.717) is 6.04 Å². The molecule has 0 saturated carbocycles. The highest BCUT2D eigenvalue weighted by Crippen LogP contribution is 2.47. The lowest BCUT2D eigenvalue weighted by atomic mass is 9.64. The number of benzene rings is 1. The van der Waals surface area contributed by atoms with E-state index in [-0.39, 0.29) is 5.54 Å². The predicted molar refractivity (Wildman–Crippen MR) is 72.6 cm³/mol. The van der Waals surface area contributed by atoms with E-state index in [9.17, 15) is 4.79 Å². The molecule has 0 aliphatic carbocycles. The normalized spacial score (nSPS) is 33.9. The van der Waals surface area contributed by atoms with E-state index in [2.05, 4.69) is 24.4 Å². The molecule has 3 atom stereocenters. The quantitative estimate of drug-likeness (QED) is 0.827. The second kappa shape index (κ2) is 4.20. The summed E-state index contributed by atoms with van der Waals surface area (Å²) in [5.74, 6) is 0. The van der Waals surface area contributed by atoms with Crippen molar-refractivity contribution in [2.45, 2.75) is 56.0 Å². The van der Waals surface area contributed by atoms with Crippen LogP contribution in [0.5, 0.6) is 0 Å². The molecule has 2 nitrogen and oxygen atoms in total. The first-order valence-electron chi connectivity index (χ1n) is 7.00. The predicted octanol–water partition coefficient (Wildman–Crippen LogP) is 2.82. The largest absolute Gasteiger partial charge is 0.307 e. The van der Waals surface area contributed by atoms with Crippen molar-refractivity contribution in [2.24, 2.45) is 0 Å². The molecule has 2 aliphatic rings. The van der Waals surface area contributed by atoms with Crippen molar-refractivity contribution < 1.29 is 4.79 Å². The zero-order chi connectivity index (χ0) is 12.6. The summed E-state index contributed by atoms with van der Waals surface area (Å²) in [6, 6.07) is 10.9. The fourth-order valence-electron chi connectivity index (χ4n) is 3.93. The maximum atomic E-state index is 11.9. The molecular weight excluding hydrogens is 222 g/mol. The summed E-state index contributed by atoms with van der Waals surface area (Å²) in [7, 11) is 0. The van der Waals surface area contributed by atoms with Crippen LogP contribution in [0.25, 0.3) is 0 Å². The number of nitrogens with one attached hydrogen (secondary N) is 1. The summed E-state index contributed by atoms with van der Waals surface area (Å²) in [5.41, 5.74) is 0.734. The smallest absolute Gasteiger partial charge is 0.132 e. The molecule has 1 N–H and O–H groups in total. The van der Waals surface area contributed by atoms with Crippen molar-refractivity contribution in [3.63, 3.8) is 0 Å². The van der Waals surface area contributed by atoms with Crippen LogP contribution in [0.1, 0.15) is 44.6 Å². The first-order chi connectivity index (χ1) is 8.70. The van der Waals surface area contributed by atoms with E-state index in [1.165, 1.54) is 25.5 Å². The van der Waals surface area contributed by atoms with Gasteiger partial charge in [-0.1, -0.05) is 36.8 Å². The molecule has 3 rings (SSSR count). The zero-order valence-electron chi connectivity index (χ0n) is 11.0. The van der Waals surface area contributed by atoms with E-state index in [4.69, 9.17) is 0 Å². The van der Waals surface area contributed by atoms with E-state index in [1.54, 1.807) is 0 Å². The fraction of sp³-hybridized carbons (Fsp3) is 0.562. The first-order valence-corrected chi connectivity index (χ1v) is 7.00. The van der Waals surface area contributed by atoms with Gasteiger partial charge in [0.1, 0.15) is 6.29 Å². The number of rotatable bonds is 3. The number of aldehydes is 1. The molecular formula is C16H21NO. The summed E-state index contributed by atoms with van der Waals surface area (Å²) >= 11 is 0. The van der Waals surface area contributed by atoms with Gasteiger partial charge in [0.2, 0.25) is 0 Å². The van der Waals surface area contributed by atoms with Crippen molar-refractivity contribution in [1.29, 1.82) is 0 Å². The van der Waals surface area contributed by atoms with Crippen LogP contribution in [-0.4, -0.2) is 17.9 Å². The number of carbonyl (C=O) groups excluding carboxylic acids is 1. The van der Waals surface area contributed by atoms with Gasteiger partial charge < -0.3 is 10.1 Å². The van der Waals surface area contributed by atoms with Gasteiger partial charge in [0, 0.05) is 11.6 Å². The Morgan fingerprint density at radius 2 is 2.06 bits per heavy atom. The highest BCUT2D eigenvalue weighted by Gasteiger charge is 2.54. The Balaban J connectivity index is 2.04. The second-order valence-electron chi connectivity index (χ2n) is 6.04. The van der Waals surface area contributed by atoms with Crippen LogP contribution >= 0.6 is 0 Å². The monoisotopic (exact) mass is 243 g/mol. The average Bonchev–Trinajstić information content (AvgIpc) is 2.75. The lowest BCUT2D eigenvalue weighted by Crippen LogP contribution is -2.60. The molecule has 0 spiro atoms. The molecule has 2 fully saturated rings. The molecule has 1 aromatic rings. The highest BCUT2D eigenvalue weighted by atomic mass is 16.1. The maximum absolute atomic E-state index is 11.9. The van der Waals surface area contributed by atoms with E-state index in [0.717, 1.165) is 18.4 Å². The molecule has 1 aromatic carbocycles. The van der Waals surface area contributed by atoms with Crippen LogP contribution in [0.4, 0.5) is 0 Å². The Morgan fingerprint density at radius 1 is 1.28 bits per heavy atom. The van der Waals surface area contributed by atoms with Crippen LogP contribution in [0, 0.1) is 0 Å². The van der Waals surface area contributed by atoms with E-state index in [1.807, 2.05) is 18.2 Å². The minimum absolute atomic E-state index is 0.0149. The number of hydrogen-bond donors (Lipinski definition) is 1. The zero-order valence-corrected chi connectivity index (χ0v) is 11.0. The number of piperidine rings is 1. The molecule has 2 heteroatoms. The number of fused-ring (bicyclic) bond motifs is 2. The molecule has 3 unspecified atom stereocenters. The summed E-state index contributed by atoms with van der Waals surface area (Å²) in [6.45, 7) is 2.11. The van der Waals surface area contributed by atoms with Gasteiger partial charge >= 0.3 is 0 Å². The summed E-state index contributed by atoms with van der Waals surface area (Å²) < 4.78 is 0. The van der Waals surface area contributed by atoms with Gasteiger partial charge in [-0.25, -0.2) is 0 Å². The Hall–Kier alpha value is -1.15. The molecule has 96 valence electrons. The number of hydrogen-bond acceptors (Lipinski definition) is 2. The van der Waals surface area contributed by atoms with Gasteiger partial charge in [0.15, 0.2) is 0 Å². The lowest BCUT2D eigenvalue weighted by molar-refractivity contribution is -0.115. The minimum Gasteiger partial charge on any atom is -0.307 e. The van der Waals surface area contributed by atoms with Crippen molar-refractivity contribution in [3.05, 3.63) is 35.9 Å². The topological polar surface area (TPSA) is 29.1 Å². The van der Waals surface area contributed by atoms with Crippen LogP contribution in [0.3, 0.4) is 0 Å². The molecule has 0 amide bonds. The summed E-state index contributed by atoms with van der Waals surface area (Å²) in [5, 5.41) is 3.76. The minimum atomic E-state index is -0.399. The second-order valence-corrected chi connectivity index (χ2v) is 6.04. The third-order valence-electron chi connectivity index (χ3n) is 5.16. The standard InChI is InChI=1S/C16H21NO/c1-15(12-18,13-6-3-2-4-7-13)16-10-5-8-14(17-16)9-11-16/h2-4,6-7,12,14,17H,5,8-11H2,1H3. The summed E-state index contributed by atoms with van der Waals surface area (Å²) in [6.07, 6.45) is 7.15. The third-order valence-corrected chi connectivity index (χ3v) is 5.16. The van der Waals surface area contributed by atoms with E-state index < -0.39 is 5.41 Å². The average molecular weight is 243 g/mol. The molecule has 2 bridgehead atoms. The highest BCUT2D eigenvalue weighted by molar-refractivity contribution is 5.71. The van der Waals surface area contributed by atoms with Crippen LogP contribution in [0.2, 0.25) is 0 Å². The lowest BCUT2D eigenvalue weighted by Gasteiger charge is -2.46. The fourth-order valence-corrected chi connectivity index (χ4v) is 3.93. The Morgan fingerprint density at radius 3 is 2.78 bits per heavy atom. The van der Waals surface area contributed by atoms with Gasteiger partial charge in [0.25, 0.3) is 0 Å². The molecule has 2 aliphatic heterocycles.